The second kappa shape index (κ2) is 7.70. The fourth-order valence-corrected chi connectivity index (χ4v) is 3.65. The predicted octanol–water partition coefficient (Wildman–Crippen LogP) is 3.49. The fourth-order valence-electron chi connectivity index (χ4n) is 2.36. The largest absolute Gasteiger partial charge is 0.444 e. The van der Waals surface area contributed by atoms with Crippen LogP contribution in [0.15, 0.2) is 28.5 Å². The van der Waals surface area contributed by atoms with Gasteiger partial charge in [-0.25, -0.2) is 9.78 Å². The van der Waals surface area contributed by atoms with E-state index in [1.54, 1.807) is 32.9 Å². The third kappa shape index (κ3) is 5.40. The Morgan fingerprint density at radius 3 is 2.92 bits per heavy atom. The van der Waals surface area contributed by atoms with Crippen LogP contribution in [0.3, 0.4) is 0 Å². The van der Waals surface area contributed by atoms with Gasteiger partial charge >= 0.3 is 6.09 Å². The highest BCUT2D eigenvalue weighted by Gasteiger charge is 2.48. The summed E-state index contributed by atoms with van der Waals surface area (Å²) >= 11 is 7.14. The smallest absolute Gasteiger partial charge is 0.410 e. The lowest BCUT2D eigenvalue weighted by Crippen LogP contribution is -2.44. The molecular formula is C15H20ClN5O3S. The van der Waals surface area contributed by atoms with E-state index in [1.165, 1.54) is 22.9 Å². The Morgan fingerprint density at radius 2 is 2.36 bits per heavy atom. The maximum atomic E-state index is 12.3. The summed E-state index contributed by atoms with van der Waals surface area (Å²) < 4.78 is 5.36. The SMILES string of the molecule is CC(C)(C)OC(=O)N1CC(Sc2ccc(Cl)cn2)C(O)(CN=[N+]=[N-])C1. The molecule has 0 saturated carbocycles. The number of β-amino-alcohol motifs (C(OH)–C–C–N with tert-alkyl or cyclic N) is 1. The maximum absolute atomic E-state index is 12.3. The van der Waals surface area contributed by atoms with Gasteiger partial charge in [-0.2, -0.15) is 0 Å². The molecule has 1 N–H and O–H groups in total. The van der Waals surface area contributed by atoms with Gasteiger partial charge in [-0.05, 0) is 38.4 Å². The number of hydrogen-bond acceptors (Lipinski definition) is 6. The van der Waals surface area contributed by atoms with E-state index in [1.807, 2.05) is 0 Å². The topological polar surface area (TPSA) is 111 Å². The number of amides is 1. The van der Waals surface area contributed by atoms with Crippen LogP contribution in [0, 0.1) is 0 Å². The van der Waals surface area contributed by atoms with Crippen molar-refractivity contribution in [1.29, 1.82) is 0 Å². The van der Waals surface area contributed by atoms with E-state index in [0.29, 0.717) is 10.0 Å². The number of pyridine rings is 1. The minimum atomic E-state index is -1.37. The van der Waals surface area contributed by atoms with E-state index in [4.69, 9.17) is 21.9 Å². The second-order valence-corrected chi connectivity index (χ2v) is 8.43. The third-order valence-electron chi connectivity index (χ3n) is 3.47. The lowest BCUT2D eigenvalue weighted by atomic mass is 10.0. The summed E-state index contributed by atoms with van der Waals surface area (Å²) in [5.74, 6) is 0. The molecule has 2 rings (SSSR count). The Balaban J connectivity index is 2.17. The van der Waals surface area contributed by atoms with Gasteiger partial charge in [-0.3, -0.25) is 0 Å². The third-order valence-corrected chi connectivity index (χ3v) is 5.05. The molecule has 1 amide bonds. The van der Waals surface area contributed by atoms with E-state index in [9.17, 15) is 9.90 Å². The number of thioether (sulfide) groups is 1. The molecule has 136 valence electrons. The highest BCUT2D eigenvalue weighted by molar-refractivity contribution is 8.00. The van der Waals surface area contributed by atoms with Crippen molar-refractivity contribution in [3.8, 4) is 0 Å². The number of hydrogen-bond donors (Lipinski definition) is 1. The molecule has 0 radical (unpaired) electrons. The molecule has 1 aromatic heterocycles. The average Bonchev–Trinajstić information content (AvgIpc) is 2.84. The van der Waals surface area contributed by atoms with Gasteiger partial charge in [0.05, 0.1) is 28.4 Å². The second-order valence-electron chi connectivity index (χ2n) is 6.77. The molecule has 0 aromatic carbocycles. The Hall–Kier alpha value is -1.67. The maximum Gasteiger partial charge on any atom is 0.410 e. The molecule has 0 spiro atoms. The van der Waals surface area contributed by atoms with Crippen LogP contribution < -0.4 is 0 Å². The fraction of sp³-hybridized carbons (Fsp3) is 0.600. The van der Waals surface area contributed by atoms with Gasteiger partial charge in [0.15, 0.2) is 0 Å². The zero-order chi connectivity index (χ0) is 18.7. The normalized spacial score (nSPS) is 23.2. The van der Waals surface area contributed by atoms with Gasteiger partial charge in [0, 0.05) is 17.7 Å². The van der Waals surface area contributed by atoms with Crippen LogP contribution in [0.4, 0.5) is 4.79 Å². The minimum absolute atomic E-state index is 0.0200. The molecular weight excluding hydrogens is 366 g/mol. The van der Waals surface area contributed by atoms with Crippen molar-refractivity contribution < 1.29 is 14.6 Å². The number of halogens is 1. The van der Waals surface area contributed by atoms with Crippen LogP contribution in [-0.2, 0) is 4.74 Å². The molecule has 1 aromatic rings. The number of carbonyl (C=O) groups excluding carboxylic acids is 1. The zero-order valence-electron chi connectivity index (χ0n) is 14.2. The van der Waals surface area contributed by atoms with Crippen LogP contribution in [0.5, 0.6) is 0 Å². The lowest BCUT2D eigenvalue weighted by Gasteiger charge is -2.26. The molecule has 8 nitrogen and oxygen atoms in total. The summed E-state index contributed by atoms with van der Waals surface area (Å²) in [6.07, 6.45) is 0.996. The number of nitrogens with zero attached hydrogens (tertiary/aromatic N) is 5. The first-order valence-electron chi connectivity index (χ1n) is 7.62. The van der Waals surface area contributed by atoms with E-state index in [2.05, 4.69) is 15.0 Å². The van der Waals surface area contributed by atoms with Crippen LogP contribution in [0.2, 0.25) is 5.02 Å². The number of rotatable bonds is 4. The van der Waals surface area contributed by atoms with Gasteiger partial charge in [0.2, 0.25) is 0 Å². The van der Waals surface area contributed by atoms with Crippen molar-refractivity contribution >= 4 is 29.5 Å². The highest BCUT2D eigenvalue weighted by atomic mass is 35.5. The summed E-state index contributed by atoms with van der Waals surface area (Å²) in [6.45, 7) is 5.45. The lowest BCUT2D eigenvalue weighted by molar-refractivity contribution is 0.0179. The molecule has 2 atom stereocenters. The summed E-state index contributed by atoms with van der Waals surface area (Å²) in [5.41, 5.74) is 6.58. The molecule has 1 aliphatic heterocycles. The Bertz CT molecular complexity index is 675. The van der Waals surface area contributed by atoms with Gasteiger partial charge < -0.3 is 14.7 Å². The van der Waals surface area contributed by atoms with Crippen molar-refractivity contribution in [1.82, 2.24) is 9.88 Å². The number of azide groups is 1. The predicted molar refractivity (Wildman–Crippen MR) is 95.7 cm³/mol. The van der Waals surface area contributed by atoms with Gasteiger partial charge in [-0.15, -0.1) is 0 Å². The van der Waals surface area contributed by atoms with Crippen LogP contribution >= 0.6 is 23.4 Å². The van der Waals surface area contributed by atoms with E-state index in [0.717, 1.165) is 0 Å². The summed E-state index contributed by atoms with van der Waals surface area (Å²) in [4.78, 5) is 20.6. The Morgan fingerprint density at radius 1 is 1.64 bits per heavy atom. The number of aromatic nitrogens is 1. The molecule has 2 heterocycles. The number of likely N-dealkylation sites (tertiary alicyclic amines) is 1. The average molecular weight is 386 g/mol. The summed E-state index contributed by atoms with van der Waals surface area (Å²) in [6, 6.07) is 3.43. The molecule has 10 heteroatoms. The van der Waals surface area contributed by atoms with Crippen molar-refractivity contribution in [3.05, 3.63) is 33.8 Å². The van der Waals surface area contributed by atoms with E-state index < -0.39 is 22.5 Å². The van der Waals surface area contributed by atoms with Crippen LogP contribution in [0.25, 0.3) is 10.4 Å². The summed E-state index contributed by atoms with van der Waals surface area (Å²) in [7, 11) is 0. The van der Waals surface area contributed by atoms with Crippen LogP contribution in [-0.4, -0.2) is 57.2 Å². The number of aliphatic hydroxyl groups is 1. The highest BCUT2D eigenvalue weighted by Crippen LogP contribution is 2.36. The number of carbonyl (C=O) groups is 1. The molecule has 25 heavy (non-hydrogen) atoms. The Kier molecular flexibility index (Phi) is 6.05. The number of ether oxygens (including phenoxy) is 1. The first kappa shape index (κ1) is 19.7. The minimum Gasteiger partial charge on any atom is -0.444 e. The molecule has 1 saturated heterocycles. The molecule has 0 aliphatic carbocycles. The zero-order valence-corrected chi connectivity index (χ0v) is 15.8. The van der Waals surface area contributed by atoms with E-state index >= 15 is 0 Å². The standard InChI is InChI=1S/C15H20ClN5O3S/c1-14(2,3)24-13(22)21-7-11(15(23,9-21)8-19-20-17)25-12-5-4-10(16)6-18-12/h4-6,11,23H,7-9H2,1-3H3. The van der Waals surface area contributed by atoms with E-state index in [-0.39, 0.29) is 19.6 Å². The molecule has 1 aliphatic rings. The summed E-state index contributed by atoms with van der Waals surface area (Å²) in [5, 5.41) is 15.2. The first-order valence-corrected chi connectivity index (χ1v) is 8.88. The Labute approximate surface area is 155 Å². The quantitative estimate of drug-likeness (QED) is 0.484. The van der Waals surface area contributed by atoms with Crippen molar-refractivity contribution in [2.24, 2.45) is 5.11 Å². The first-order chi connectivity index (χ1) is 11.6. The molecule has 2 unspecified atom stereocenters. The van der Waals surface area contributed by atoms with Gasteiger partial charge in [-0.1, -0.05) is 28.5 Å². The van der Waals surface area contributed by atoms with Gasteiger partial charge in [0.1, 0.15) is 11.2 Å². The monoisotopic (exact) mass is 385 g/mol. The van der Waals surface area contributed by atoms with Crippen molar-refractivity contribution in [2.45, 2.75) is 42.2 Å². The van der Waals surface area contributed by atoms with Crippen LogP contribution in [0.1, 0.15) is 20.8 Å². The molecule has 1 fully saturated rings. The van der Waals surface area contributed by atoms with Gasteiger partial charge in [0.25, 0.3) is 0 Å². The van der Waals surface area contributed by atoms with Crippen molar-refractivity contribution in [3.63, 3.8) is 0 Å². The molecule has 0 bridgehead atoms. The van der Waals surface area contributed by atoms with Crippen molar-refractivity contribution in [2.75, 3.05) is 19.6 Å².